The molecule has 1 aromatic heterocycles. The Kier molecular flexibility index (Phi) is 2.99. The second kappa shape index (κ2) is 4.68. The van der Waals surface area contributed by atoms with E-state index in [9.17, 15) is 9.18 Å². The fraction of sp³-hybridized carbons (Fsp3) is 0.0714. The van der Waals surface area contributed by atoms with E-state index in [1.54, 1.807) is 18.2 Å². The standard InChI is InChI=1S/C14H10ClFN2O2/c15-11-3-1-9(16)5-8(11)7-18-12-6-10(17)2-4-13(12)20-14(18)19/h1-6H,7,17H2. The van der Waals surface area contributed by atoms with Gasteiger partial charge in [0.05, 0.1) is 12.1 Å². The molecule has 0 bridgehead atoms. The topological polar surface area (TPSA) is 61.2 Å². The summed E-state index contributed by atoms with van der Waals surface area (Å²) < 4.78 is 19.7. The zero-order chi connectivity index (χ0) is 14.3. The van der Waals surface area contributed by atoms with Crippen LogP contribution in [0.3, 0.4) is 0 Å². The molecule has 0 aliphatic heterocycles. The van der Waals surface area contributed by atoms with Crippen molar-refractivity contribution in [2.45, 2.75) is 6.54 Å². The lowest BCUT2D eigenvalue weighted by molar-refractivity contribution is 0.517. The van der Waals surface area contributed by atoms with E-state index < -0.39 is 11.6 Å². The van der Waals surface area contributed by atoms with Crippen molar-refractivity contribution < 1.29 is 8.81 Å². The molecule has 0 unspecified atom stereocenters. The third-order valence-electron chi connectivity index (χ3n) is 3.03. The van der Waals surface area contributed by atoms with Crippen LogP contribution in [0.5, 0.6) is 0 Å². The van der Waals surface area contributed by atoms with E-state index in [1.807, 2.05) is 0 Å². The molecule has 0 fully saturated rings. The Morgan fingerprint density at radius 3 is 2.85 bits per heavy atom. The van der Waals surface area contributed by atoms with E-state index in [4.69, 9.17) is 21.8 Å². The molecule has 0 radical (unpaired) electrons. The molecule has 20 heavy (non-hydrogen) atoms. The number of hydrogen-bond donors (Lipinski definition) is 1. The first-order valence-electron chi connectivity index (χ1n) is 5.87. The molecule has 2 aromatic carbocycles. The minimum Gasteiger partial charge on any atom is -0.408 e. The number of benzene rings is 2. The summed E-state index contributed by atoms with van der Waals surface area (Å²) in [6.45, 7) is 0.117. The van der Waals surface area contributed by atoms with Crippen molar-refractivity contribution in [3.05, 3.63) is 63.4 Å². The Bertz CT molecular complexity index is 854. The lowest BCUT2D eigenvalue weighted by Crippen LogP contribution is -2.15. The summed E-state index contributed by atoms with van der Waals surface area (Å²) in [5.41, 5.74) is 7.70. The number of nitrogens with two attached hydrogens (primary N) is 1. The van der Waals surface area contributed by atoms with Gasteiger partial charge in [-0.1, -0.05) is 11.6 Å². The number of aromatic nitrogens is 1. The Labute approximate surface area is 118 Å². The maximum Gasteiger partial charge on any atom is 0.420 e. The number of anilines is 1. The average Bonchev–Trinajstić information content (AvgIpc) is 2.70. The van der Waals surface area contributed by atoms with Crippen molar-refractivity contribution >= 4 is 28.4 Å². The van der Waals surface area contributed by atoms with Crippen molar-refractivity contribution in [1.82, 2.24) is 4.57 Å². The summed E-state index contributed by atoms with van der Waals surface area (Å²) in [6.07, 6.45) is 0. The molecule has 102 valence electrons. The highest BCUT2D eigenvalue weighted by atomic mass is 35.5. The molecule has 0 aliphatic carbocycles. The van der Waals surface area contributed by atoms with Gasteiger partial charge in [0.25, 0.3) is 0 Å². The summed E-state index contributed by atoms with van der Waals surface area (Å²) in [4.78, 5) is 11.9. The van der Waals surface area contributed by atoms with Gasteiger partial charge in [-0.3, -0.25) is 4.57 Å². The normalized spacial score (nSPS) is 11.1. The molecule has 0 saturated heterocycles. The van der Waals surface area contributed by atoms with Crippen LogP contribution in [-0.4, -0.2) is 4.57 Å². The monoisotopic (exact) mass is 292 g/mol. The van der Waals surface area contributed by atoms with E-state index in [0.29, 0.717) is 27.4 Å². The number of fused-ring (bicyclic) bond motifs is 1. The highest BCUT2D eigenvalue weighted by Crippen LogP contribution is 2.21. The van der Waals surface area contributed by atoms with Gasteiger partial charge in [-0.05, 0) is 42.0 Å². The number of halogens is 2. The fourth-order valence-electron chi connectivity index (χ4n) is 2.06. The van der Waals surface area contributed by atoms with Crippen LogP contribution in [0, 0.1) is 5.82 Å². The number of rotatable bonds is 2. The summed E-state index contributed by atoms with van der Waals surface area (Å²) in [7, 11) is 0. The minimum atomic E-state index is -0.536. The largest absolute Gasteiger partial charge is 0.420 e. The lowest BCUT2D eigenvalue weighted by atomic mass is 10.2. The third kappa shape index (κ3) is 2.16. The Balaban J connectivity index is 2.15. The third-order valence-corrected chi connectivity index (χ3v) is 3.40. The van der Waals surface area contributed by atoms with E-state index in [0.717, 1.165) is 0 Å². The van der Waals surface area contributed by atoms with Gasteiger partial charge in [-0.2, -0.15) is 0 Å². The number of oxazole rings is 1. The van der Waals surface area contributed by atoms with Gasteiger partial charge in [0.2, 0.25) is 0 Å². The molecule has 3 rings (SSSR count). The first kappa shape index (κ1) is 12.7. The highest BCUT2D eigenvalue weighted by molar-refractivity contribution is 6.31. The predicted octanol–water partition coefficient (Wildman–Crippen LogP) is 3.02. The fourth-order valence-corrected chi connectivity index (χ4v) is 2.24. The quantitative estimate of drug-likeness (QED) is 0.739. The molecule has 0 atom stereocenters. The van der Waals surface area contributed by atoms with Crippen molar-refractivity contribution in [2.24, 2.45) is 0 Å². The van der Waals surface area contributed by atoms with E-state index >= 15 is 0 Å². The highest BCUT2D eigenvalue weighted by Gasteiger charge is 2.12. The predicted molar refractivity (Wildman–Crippen MR) is 75.4 cm³/mol. The Morgan fingerprint density at radius 2 is 2.05 bits per heavy atom. The lowest BCUT2D eigenvalue weighted by Gasteiger charge is -2.05. The second-order valence-electron chi connectivity index (χ2n) is 4.42. The minimum absolute atomic E-state index is 0.117. The van der Waals surface area contributed by atoms with Gasteiger partial charge < -0.3 is 10.2 Å². The maximum absolute atomic E-state index is 13.3. The van der Waals surface area contributed by atoms with Crippen LogP contribution in [0.1, 0.15) is 5.56 Å². The van der Waals surface area contributed by atoms with Gasteiger partial charge >= 0.3 is 5.76 Å². The zero-order valence-electron chi connectivity index (χ0n) is 10.3. The van der Waals surface area contributed by atoms with Crippen LogP contribution >= 0.6 is 11.6 Å². The van der Waals surface area contributed by atoms with Gasteiger partial charge in [-0.25, -0.2) is 9.18 Å². The molecule has 4 nitrogen and oxygen atoms in total. The SMILES string of the molecule is Nc1ccc2oc(=O)n(Cc3cc(F)ccc3Cl)c2c1. The molecular formula is C14H10ClFN2O2. The van der Waals surface area contributed by atoms with Crippen LogP contribution < -0.4 is 11.5 Å². The van der Waals surface area contributed by atoms with Crippen LogP contribution in [0.15, 0.2) is 45.6 Å². The second-order valence-corrected chi connectivity index (χ2v) is 4.82. The van der Waals surface area contributed by atoms with Crippen LogP contribution in [0.4, 0.5) is 10.1 Å². The first-order valence-corrected chi connectivity index (χ1v) is 6.25. The first-order chi connectivity index (χ1) is 9.54. The molecule has 0 aliphatic rings. The zero-order valence-corrected chi connectivity index (χ0v) is 11.0. The molecule has 0 amide bonds. The maximum atomic E-state index is 13.3. The van der Waals surface area contributed by atoms with Crippen LogP contribution in [0.2, 0.25) is 5.02 Å². The Hall–Kier alpha value is -2.27. The smallest absolute Gasteiger partial charge is 0.408 e. The van der Waals surface area contributed by atoms with Crippen molar-refractivity contribution in [1.29, 1.82) is 0 Å². The molecular weight excluding hydrogens is 283 g/mol. The molecule has 0 saturated carbocycles. The Morgan fingerprint density at radius 1 is 1.25 bits per heavy atom. The van der Waals surface area contributed by atoms with Gasteiger partial charge in [0, 0.05) is 10.7 Å². The number of nitrogen functional groups attached to an aromatic ring is 1. The number of nitrogens with zero attached hydrogens (tertiary/aromatic N) is 1. The van der Waals surface area contributed by atoms with E-state index in [-0.39, 0.29) is 6.54 Å². The number of hydrogen-bond acceptors (Lipinski definition) is 3. The summed E-state index contributed by atoms with van der Waals surface area (Å²) >= 11 is 6.01. The molecule has 0 spiro atoms. The van der Waals surface area contributed by atoms with Gasteiger partial charge in [-0.15, -0.1) is 0 Å². The molecule has 6 heteroatoms. The van der Waals surface area contributed by atoms with Gasteiger partial charge in [0.1, 0.15) is 5.82 Å². The van der Waals surface area contributed by atoms with Crippen LogP contribution in [0.25, 0.3) is 11.1 Å². The summed E-state index contributed by atoms with van der Waals surface area (Å²) in [5.74, 6) is -0.948. The molecule has 1 heterocycles. The van der Waals surface area contributed by atoms with Crippen molar-refractivity contribution in [3.63, 3.8) is 0 Å². The van der Waals surface area contributed by atoms with E-state index in [2.05, 4.69) is 0 Å². The van der Waals surface area contributed by atoms with Crippen LogP contribution in [-0.2, 0) is 6.54 Å². The average molecular weight is 293 g/mol. The summed E-state index contributed by atoms with van der Waals surface area (Å²) in [5, 5.41) is 0.386. The van der Waals surface area contributed by atoms with Crippen molar-refractivity contribution in [2.75, 3.05) is 5.73 Å². The molecule has 2 N–H and O–H groups in total. The molecule has 3 aromatic rings. The summed E-state index contributed by atoms with van der Waals surface area (Å²) in [6, 6.07) is 8.90. The van der Waals surface area contributed by atoms with E-state index in [1.165, 1.54) is 22.8 Å². The van der Waals surface area contributed by atoms with Crippen molar-refractivity contribution in [3.8, 4) is 0 Å². The van der Waals surface area contributed by atoms with Gasteiger partial charge in [0.15, 0.2) is 5.58 Å².